The number of fused-ring (bicyclic) bond motifs is 1. The molecule has 2 N–H and O–H groups in total. The number of hydrogen-bond donors (Lipinski definition) is 1. The first-order valence-corrected chi connectivity index (χ1v) is 10.0. The Morgan fingerprint density at radius 1 is 1.19 bits per heavy atom. The van der Waals surface area contributed by atoms with Gasteiger partial charge in [-0.2, -0.15) is 0 Å². The lowest BCUT2D eigenvalue weighted by Gasteiger charge is -2.14. The minimum absolute atomic E-state index is 0.00742. The van der Waals surface area contributed by atoms with Crippen LogP contribution in [-0.2, 0) is 10.0 Å². The van der Waals surface area contributed by atoms with Gasteiger partial charge < -0.3 is 5.73 Å². The van der Waals surface area contributed by atoms with Crippen LogP contribution in [0.3, 0.4) is 0 Å². The Morgan fingerprint density at radius 2 is 1.85 bits per heavy atom. The van der Waals surface area contributed by atoms with E-state index in [4.69, 9.17) is 5.73 Å². The van der Waals surface area contributed by atoms with Gasteiger partial charge in [-0.1, -0.05) is 36.4 Å². The summed E-state index contributed by atoms with van der Waals surface area (Å²) in [7, 11) is -3.61. The van der Waals surface area contributed by atoms with Gasteiger partial charge in [0.1, 0.15) is 0 Å². The van der Waals surface area contributed by atoms with Crippen LogP contribution < -0.4 is 5.73 Å². The third-order valence-electron chi connectivity index (χ3n) is 4.50. The van der Waals surface area contributed by atoms with Crippen molar-refractivity contribution in [2.24, 2.45) is 0 Å². The van der Waals surface area contributed by atoms with Gasteiger partial charge in [-0.15, -0.1) is 0 Å². The molecule has 1 heterocycles. The molecule has 0 atom stereocenters. The highest BCUT2D eigenvalue weighted by Gasteiger charge is 2.25. The number of hydrogen-bond acceptors (Lipinski definition) is 4. The van der Waals surface area contributed by atoms with Gasteiger partial charge in [0.25, 0.3) is 0 Å². The molecule has 6 heteroatoms. The zero-order valence-electron chi connectivity index (χ0n) is 15.4. The van der Waals surface area contributed by atoms with Gasteiger partial charge in [-0.25, -0.2) is 17.4 Å². The fourth-order valence-corrected chi connectivity index (χ4v) is 4.23. The third kappa shape index (κ3) is 2.90. The lowest BCUT2D eigenvalue weighted by atomic mass is 9.94. The molecule has 136 valence electrons. The maximum absolute atomic E-state index is 12.8. The maximum Gasteiger partial charge on any atom is 0.244 e. The summed E-state index contributed by atoms with van der Waals surface area (Å²) in [4.78, 5) is 4.26. The highest BCUT2D eigenvalue weighted by atomic mass is 32.2. The Bertz CT molecular complexity index is 1100. The summed E-state index contributed by atoms with van der Waals surface area (Å²) in [6.45, 7) is 7.24. The average Bonchev–Trinajstić information content (AvgIpc) is 2.91. The minimum atomic E-state index is -3.61. The van der Waals surface area contributed by atoms with E-state index in [0.717, 1.165) is 26.2 Å². The summed E-state index contributed by atoms with van der Waals surface area (Å²) < 4.78 is 26.7. The lowest BCUT2D eigenvalue weighted by molar-refractivity contribution is 0.580. The molecule has 1 aromatic heterocycles. The fourth-order valence-electron chi connectivity index (χ4n) is 3.09. The Morgan fingerprint density at radius 3 is 2.42 bits per heavy atom. The van der Waals surface area contributed by atoms with Crippen LogP contribution in [0.5, 0.6) is 0 Å². The molecule has 5 nitrogen and oxygen atoms in total. The summed E-state index contributed by atoms with van der Waals surface area (Å²) in [5.41, 5.74) is 11.1. The van der Waals surface area contributed by atoms with Crippen molar-refractivity contribution in [2.75, 3.05) is 5.73 Å². The lowest BCUT2D eigenvalue weighted by Crippen LogP contribution is -2.23. The molecule has 0 saturated heterocycles. The molecule has 0 saturated carbocycles. The quantitative estimate of drug-likeness (QED) is 0.755. The number of benzene rings is 2. The smallest absolute Gasteiger partial charge is 0.244 e. The normalized spacial score (nSPS) is 12.9. The van der Waals surface area contributed by atoms with Gasteiger partial charge in [-0.05, 0) is 62.1 Å². The molecule has 0 unspecified atom stereocenters. The Kier molecular flexibility index (Phi) is 4.63. The molecule has 0 amide bonds. The SMILES string of the molecule is C/C=C(/c1ccccc1)c1cc2c(cc1C)nc(N)n2S(=O)(=O)C(C)C. The molecule has 0 spiro atoms. The number of aryl methyl sites for hydroxylation is 1. The van der Waals surface area contributed by atoms with E-state index in [9.17, 15) is 8.42 Å². The van der Waals surface area contributed by atoms with Gasteiger partial charge in [0.2, 0.25) is 16.0 Å². The Balaban J connectivity index is 2.31. The summed E-state index contributed by atoms with van der Waals surface area (Å²) in [5, 5.41) is -0.595. The molecule has 0 aliphatic heterocycles. The standard InChI is InChI=1S/C20H23N3O2S/c1-5-16(15-9-7-6-8-10-15)17-12-19-18(11-14(17)4)22-20(21)23(19)26(24,25)13(2)3/h5-13H,1-4H3,(H2,21,22)/b16-5-. The number of aromatic nitrogens is 2. The molecular weight excluding hydrogens is 346 g/mol. The Hall–Kier alpha value is -2.60. The summed E-state index contributed by atoms with van der Waals surface area (Å²) >= 11 is 0. The number of imidazole rings is 1. The second-order valence-electron chi connectivity index (χ2n) is 6.55. The van der Waals surface area contributed by atoms with Gasteiger partial charge in [-0.3, -0.25) is 0 Å². The van der Waals surface area contributed by atoms with Crippen molar-refractivity contribution in [1.82, 2.24) is 8.96 Å². The number of rotatable bonds is 4. The monoisotopic (exact) mass is 369 g/mol. The van der Waals surface area contributed by atoms with Crippen LogP contribution in [0.1, 0.15) is 37.5 Å². The van der Waals surface area contributed by atoms with Crippen molar-refractivity contribution >= 4 is 32.6 Å². The van der Waals surface area contributed by atoms with Crippen LogP contribution >= 0.6 is 0 Å². The van der Waals surface area contributed by atoms with E-state index in [1.807, 2.05) is 62.4 Å². The molecule has 3 rings (SSSR count). The van der Waals surface area contributed by atoms with Gasteiger partial charge in [0.15, 0.2) is 0 Å². The Labute approximate surface area is 154 Å². The van der Waals surface area contributed by atoms with Crippen molar-refractivity contribution in [3.8, 4) is 0 Å². The van der Waals surface area contributed by atoms with E-state index >= 15 is 0 Å². The van der Waals surface area contributed by atoms with Crippen molar-refractivity contribution < 1.29 is 8.42 Å². The topological polar surface area (TPSA) is 78.0 Å². The van der Waals surface area contributed by atoms with E-state index in [-0.39, 0.29) is 5.95 Å². The van der Waals surface area contributed by atoms with E-state index in [1.54, 1.807) is 13.8 Å². The zero-order valence-corrected chi connectivity index (χ0v) is 16.2. The van der Waals surface area contributed by atoms with E-state index in [1.165, 1.54) is 0 Å². The highest BCUT2D eigenvalue weighted by Crippen LogP contribution is 2.31. The zero-order chi connectivity index (χ0) is 19.1. The first-order chi connectivity index (χ1) is 12.3. The van der Waals surface area contributed by atoms with E-state index in [2.05, 4.69) is 4.98 Å². The van der Waals surface area contributed by atoms with Gasteiger partial charge in [0.05, 0.1) is 16.3 Å². The first-order valence-electron chi connectivity index (χ1n) is 8.52. The molecule has 0 fully saturated rings. The van der Waals surface area contributed by atoms with Crippen LogP contribution in [0, 0.1) is 6.92 Å². The van der Waals surface area contributed by atoms with Gasteiger partial charge in [0, 0.05) is 0 Å². The van der Waals surface area contributed by atoms with E-state index in [0.29, 0.717) is 11.0 Å². The third-order valence-corrected chi connectivity index (χ3v) is 6.58. The summed E-state index contributed by atoms with van der Waals surface area (Å²) in [6, 6.07) is 13.8. The van der Waals surface area contributed by atoms with Crippen LogP contribution in [-0.4, -0.2) is 22.6 Å². The fraction of sp³-hybridized carbons (Fsp3) is 0.250. The molecule has 3 aromatic rings. The van der Waals surface area contributed by atoms with Crippen molar-refractivity contribution in [2.45, 2.75) is 32.9 Å². The molecule has 0 radical (unpaired) electrons. The predicted molar refractivity (Wildman–Crippen MR) is 108 cm³/mol. The largest absolute Gasteiger partial charge is 0.368 e. The van der Waals surface area contributed by atoms with Crippen LogP contribution in [0.4, 0.5) is 5.95 Å². The second-order valence-corrected chi connectivity index (χ2v) is 8.89. The average molecular weight is 369 g/mol. The number of nitrogens with zero attached hydrogens (tertiary/aromatic N) is 2. The van der Waals surface area contributed by atoms with Crippen LogP contribution in [0.25, 0.3) is 16.6 Å². The van der Waals surface area contributed by atoms with Crippen molar-refractivity contribution in [1.29, 1.82) is 0 Å². The highest BCUT2D eigenvalue weighted by molar-refractivity contribution is 7.90. The maximum atomic E-state index is 12.8. The number of nitrogens with two attached hydrogens (primary N) is 1. The van der Waals surface area contributed by atoms with Crippen molar-refractivity contribution in [3.05, 3.63) is 65.2 Å². The molecule has 0 aliphatic carbocycles. The number of anilines is 1. The molecular formula is C20H23N3O2S. The van der Waals surface area contributed by atoms with Crippen molar-refractivity contribution in [3.63, 3.8) is 0 Å². The molecule has 2 aromatic carbocycles. The number of allylic oxidation sites excluding steroid dienone is 1. The first kappa shape index (κ1) is 18.2. The van der Waals surface area contributed by atoms with Gasteiger partial charge >= 0.3 is 0 Å². The summed E-state index contributed by atoms with van der Waals surface area (Å²) in [5.74, 6) is -0.00742. The predicted octanol–water partition coefficient (Wildman–Crippen LogP) is 3.96. The number of nitrogen functional groups attached to an aromatic ring is 1. The van der Waals surface area contributed by atoms with Crippen LogP contribution in [0.15, 0.2) is 48.5 Å². The summed E-state index contributed by atoms with van der Waals surface area (Å²) in [6.07, 6.45) is 2.03. The molecule has 0 bridgehead atoms. The second kappa shape index (κ2) is 6.61. The molecule has 0 aliphatic rings. The molecule has 26 heavy (non-hydrogen) atoms. The van der Waals surface area contributed by atoms with Crippen LogP contribution in [0.2, 0.25) is 0 Å². The minimum Gasteiger partial charge on any atom is -0.368 e. The van der Waals surface area contributed by atoms with E-state index < -0.39 is 15.3 Å².